The van der Waals surface area contributed by atoms with Crippen molar-refractivity contribution >= 4 is 23.2 Å². The quantitative estimate of drug-likeness (QED) is 0.369. The van der Waals surface area contributed by atoms with Gasteiger partial charge in [-0.2, -0.15) is 0 Å². The van der Waals surface area contributed by atoms with E-state index < -0.39 is 12.0 Å². The molecule has 0 radical (unpaired) electrons. The Bertz CT molecular complexity index is 1200. The van der Waals surface area contributed by atoms with E-state index in [0.29, 0.717) is 5.69 Å². The topological polar surface area (TPSA) is 99.7 Å². The standard InChI is InChI=1S/C29H31N3O4/c33-27(18-36-22-6-2-1-3-7-22)26-15-14-21(30-26)16-19-10-12-20(13-11-19)31-28(34)17-24-23-8-4-5-9-25(23)32-29(24)35/h1-13,21,24,26-27,30,33H,14-18H2,(H,31,34)(H,32,35)/t21-,24?,26+,27+/m0/s1. The fraction of sp³-hybridized carbons (Fsp3) is 0.310. The van der Waals surface area contributed by atoms with Crippen molar-refractivity contribution in [2.24, 2.45) is 0 Å². The van der Waals surface area contributed by atoms with Crippen LogP contribution in [0.2, 0.25) is 0 Å². The van der Waals surface area contributed by atoms with E-state index in [1.807, 2.05) is 78.9 Å². The molecule has 4 N–H and O–H groups in total. The first-order valence-corrected chi connectivity index (χ1v) is 12.5. The molecule has 2 aliphatic heterocycles. The Labute approximate surface area is 210 Å². The summed E-state index contributed by atoms with van der Waals surface area (Å²) < 4.78 is 5.70. The Balaban J connectivity index is 1.08. The van der Waals surface area contributed by atoms with Gasteiger partial charge in [-0.25, -0.2) is 0 Å². The summed E-state index contributed by atoms with van der Waals surface area (Å²) in [6, 6.07) is 25.1. The van der Waals surface area contributed by atoms with Crippen molar-refractivity contribution in [1.82, 2.24) is 5.32 Å². The van der Waals surface area contributed by atoms with Crippen molar-refractivity contribution in [2.45, 2.75) is 49.8 Å². The number of benzene rings is 3. The predicted molar refractivity (Wildman–Crippen MR) is 139 cm³/mol. The molecule has 2 amide bonds. The number of aliphatic hydroxyl groups excluding tert-OH is 1. The van der Waals surface area contributed by atoms with Gasteiger partial charge >= 0.3 is 0 Å². The highest BCUT2D eigenvalue weighted by atomic mass is 16.5. The Kier molecular flexibility index (Phi) is 7.30. The van der Waals surface area contributed by atoms with Gasteiger partial charge < -0.3 is 25.8 Å². The van der Waals surface area contributed by atoms with Gasteiger partial charge in [0.1, 0.15) is 18.5 Å². The lowest BCUT2D eigenvalue weighted by Gasteiger charge is -2.20. The first-order valence-electron chi connectivity index (χ1n) is 12.5. The van der Waals surface area contributed by atoms with Crippen LogP contribution >= 0.6 is 0 Å². The molecule has 4 atom stereocenters. The minimum Gasteiger partial charge on any atom is -0.491 e. The molecule has 5 rings (SSSR count). The van der Waals surface area contributed by atoms with Crippen molar-refractivity contribution in [3.63, 3.8) is 0 Å². The highest BCUT2D eigenvalue weighted by Gasteiger charge is 2.32. The van der Waals surface area contributed by atoms with E-state index >= 15 is 0 Å². The maximum atomic E-state index is 12.6. The van der Waals surface area contributed by atoms with Crippen LogP contribution in [0.5, 0.6) is 5.75 Å². The minimum atomic E-state index is -0.568. The number of carbonyl (C=O) groups excluding carboxylic acids is 2. The van der Waals surface area contributed by atoms with Gasteiger partial charge in [0.25, 0.3) is 0 Å². The SMILES string of the molecule is O=C(CC1C(=O)Nc2ccccc21)Nc1ccc(C[C@@H]2CC[C@H]([C@H](O)COc3ccccc3)N2)cc1. The van der Waals surface area contributed by atoms with Crippen molar-refractivity contribution in [3.8, 4) is 5.75 Å². The fourth-order valence-electron chi connectivity index (χ4n) is 5.01. The molecule has 0 bridgehead atoms. The van der Waals surface area contributed by atoms with Crippen LogP contribution < -0.4 is 20.7 Å². The average Bonchev–Trinajstić information content (AvgIpc) is 3.48. The monoisotopic (exact) mass is 485 g/mol. The lowest BCUT2D eigenvalue weighted by molar-refractivity contribution is -0.122. The molecule has 0 aromatic heterocycles. The zero-order valence-electron chi connectivity index (χ0n) is 20.0. The van der Waals surface area contributed by atoms with E-state index in [2.05, 4.69) is 16.0 Å². The molecule has 1 fully saturated rings. The highest BCUT2D eigenvalue weighted by Crippen LogP contribution is 2.34. The Morgan fingerprint density at radius 2 is 1.75 bits per heavy atom. The highest BCUT2D eigenvalue weighted by molar-refractivity contribution is 6.06. The molecule has 2 heterocycles. The maximum Gasteiger partial charge on any atom is 0.232 e. The van der Waals surface area contributed by atoms with Crippen molar-refractivity contribution in [2.75, 3.05) is 17.2 Å². The number of amides is 2. The number of anilines is 2. The third-order valence-corrected chi connectivity index (χ3v) is 6.92. The summed E-state index contributed by atoms with van der Waals surface area (Å²) in [6.07, 6.45) is 2.26. The van der Waals surface area contributed by atoms with Gasteiger partial charge in [0, 0.05) is 29.9 Å². The number of aliphatic hydroxyl groups is 1. The van der Waals surface area contributed by atoms with Gasteiger partial charge in [0.2, 0.25) is 11.8 Å². The third kappa shape index (κ3) is 5.75. The lowest BCUT2D eigenvalue weighted by Crippen LogP contribution is -2.42. The number of para-hydroxylation sites is 2. The Morgan fingerprint density at radius 1 is 1.00 bits per heavy atom. The number of ether oxygens (including phenoxy) is 1. The van der Waals surface area contributed by atoms with E-state index in [1.54, 1.807) is 0 Å². The van der Waals surface area contributed by atoms with Crippen molar-refractivity contribution < 1.29 is 19.4 Å². The summed E-state index contributed by atoms with van der Waals surface area (Å²) in [5.41, 5.74) is 3.52. The Hall–Kier alpha value is -3.68. The molecule has 1 saturated heterocycles. The minimum absolute atomic E-state index is 0.00944. The lowest BCUT2D eigenvalue weighted by atomic mass is 9.97. The van der Waals surface area contributed by atoms with Crippen molar-refractivity contribution in [3.05, 3.63) is 90.0 Å². The number of fused-ring (bicyclic) bond motifs is 1. The van der Waals surface area contributed by atoms with Gasteiger partial charge in [-0.3, -0.25) is 9.59 Å². The van der Waals surface area contributed by atoms with E-state index in [4.69, 9.17) is 4.74 Å². The van der Waals surface area contributed by atoms with Gasteiger partial charge in [0.05, 0.1) is 5.92 Å². The predicted octanol–water partition coefficient (Wildman–Crippen LogP) is 3.85. The molecule has 0 saturated carbocycles. The average molecular weight is 486 g/mol. The summed E-state index contributed by atoms with van der Waals surface area (Å²) in [4.78, 5) is 24.9. The third-order valence-electron chi connectivity index (χ3n) is 6.92. The van der Waals surface area contributed by atoms with E-state index in [0.717, 1.165) is 41.8 Å². The number of nitrogens with one attached hydrogen (secondary N) is 3. The van der Waals surface area contributed by atoms with Gasteiger partial charge in [0.15, 0.2) is 0 Å². The summed E-state index contributed by atoms with van der Waals surface area (Å²) in [7, 11) is 0. The largest absolute Gasteiger partial charge is 0.491 e. The van der Waals surface area contributed by atoms with Crippen molar-refractivity contribution in [1.29, 1.82) is 0 Å². The van der Waals surface area contributed by atoms with Crippen LogP contribution in [0.1, 0.15) is 36.3 Å². The van der Waals surface area contributed by atoms with Crippen LogP contribution in [-0.2, 0) is 16.0 Å². The van der Waals surface area contributed by atoms with Gasteiger partial charge in [-0.05, 0) is 60.7 Å². The van der Waals surface area contributed by atoms with E-state index in [9.17, 15) is 14.7 Å². The second-order valence-electron chi connectivity index (χ2n) is 9.52. The van der Waals surface area contributed by atoms with E-state index in [1.165, 1.54) is 0 Å². The second kappa shape index (κ2) is 10.9. The zero-order chi connectivity index (χ0) is 24.9. The number of hydrogen-bond acceptors (Lipinski definition) is 5. The summed E-state index contributed by atoms with van der Waals surface area (Å²) in [5.74, 6) is -0.0302. The molecule has 7 heteroatoms. The van der Waals surface area contributed by atoms with Crippen LogP contribution in [0.25, 0.3) is 0 Å². The molecule has 36 heavy (non-hydrogen) atoms. The molecule has 7 nitrogen and oxygen atoms in total. The zero-order valence-corrected chi connectivity index (χ0v) is 20.0. The summed E-state index contributed by atoms with van der Waals surface area (Å²) in [5, 5.41) is 19.8. The van der Waals surface area contributed by atoms with Crippen LogP contribution in [0.15, 0.2) is 78.9 Å². The molecule has 3 aromatic carbocycles. The molecule has 3 aromatic rings. The van der Waals surface area contributed by atoms with Gasteiger partial charge in [-0.15, -0.1) is 0 Å². The van der Waals surface area contributed by atoms with Crippen LogP contribution in [-0.4, -0.2) is 41.7 Å². The molecule has 2 aliphatic rings. The maximum absolute atomic E-state index is 12.6. The summed E-state index contributed by atoms with van der Waals surface area (Å²) >= 11 is 0. The molecule has 0 spiro atoms. The normalized spacial score (nSPS) is 21.5. The number of rotatable bonds is 9. The van der Waals surface area contributed by atoms with Crippen LogP contribution in [0, 0.1) is 0 Å². The smallest absolute Gasteiger partial charge is 0.232 e. The van der Waals surface area contributed by atoms with Gasteiger partial charge in [-0.1, -0.05) is 48.5 Å². The van der Waals surface area contributed by atoms with E-state index in [-0.39, 0.29) is 36.9 Å². The van der Waals surface area contributed by atoms with Crippen LogP contribution in [0.3, 0.4) is 0 Å². The first-order chi connectivity index (χ1) is 17.5. The first kappa shape index (κ1) is 24.0. The number of hydrogen-bond donors (Lipinski definition) is 4. The fourth-order valence-corrected chi connectivity index (χ4v) is 5.01. The molecular formula is C29H31N3O4. The molecule has 0 aliphatic carbocycles. The Morgan fingerprint density at radius 3 is 2.56 bits per heavy atom. The number of carbonyl (C=O) groups is 2. The summed E-state index contributed by atoms with van der Waals surface area (Å²) in [6.45, 7) is 0.261. The van der Waals surface area contributed by atoms with Crippen LogP contribution in [0.4, 0.5) is 11.4 Å². The second-order valence-corrected chi connectivity index (χ2v) is 9.52. The molecule has 1 unspecified atom stereocenters. The molecular weight excluding hydrogens is 454 g/mol. The molecule has 186 valence electrons.